The number of likely N-dealkylation sites (tertiary alicyclic amines) is 1. The van der Waals surface area contributed by atoms with Crippen molar-refractivity contribution in [2.45, 2.75) is 40.0 Å². The molecule has 1 heterocycles. The van der Waals surface area contributed by atoms with E-state index in [9.17, 15) is 4.79 Å². The van der Waals surface area contributed by atoms with Gasteiger partial charge in [0.15, 0.2) is 0 Å². The van der Waals surface area contributed by atoms with Crippen molar-refractivity contribution in [1.29, 1.82) is 0 Å². The van der Waals surface area contributed by atoms with Crippen LogP contribution in [0.4, 0.5) is 5.69 Å². The number of rotatable bonds is 3. The standard InChI is InChI=1S/C17H26N2O/c1-5-17(3)8-10-19(11-9-17)16(20)14-6-7-15(18-4)13(2)12-14/h6-7,12,18H,5,8-11H2,1-4H3. The SMILES string of the molecule is CCC1(C)CCN(C(=O)c2ccc(NC)c(C)c2)CC1. The summed E-state index contributed by atoms with van der Waals surface area (Å²) in [6, 6.07) is 5.90. The molecule has 20 heavy (non-hydrogen) atoms. The van der Waals surface area contributed by atoms with Crippen LogP contribution in [0.1, 0.15) is 49.0 Å². The van der Waals surface area contributed by atoms with Gasteiger partial charge in [0.25, 0.3) is 5.91 Å². The number of carbonyl (C=O) groups is 1. The first-order valence-corrected chi connectivity index (χ1v) is 7.57. The van der Waals surface area contributed by atoms with Gasteiger partial charge in [0.1, 0.15) is 0 Å². The van der Waals surface area contributed by atoms with E-state index in [1.165, 1.54) is 6.42 Å². The van der Waals surface area contributed by atoms with Gasteiger partial charge in [-0.3, -0.25) is 4.79 Å². The van der Waals surface area contributed by atoms with E-state index in [1.807, 2.05) is 37.1 Å². The second-order valence-electron chi connectivity index (χ2n) is 6.24. The molecule has 0 aromatic heterocycles. The lowest BCUT2D eigenvalue weighted by Crippen LogP contribution is -2.41. The fourth-order valence-corrected chi connectivity index (χ4v) is 2.86. The van der Waals surface area contributed by atoms with Crippen molar-refractivity contribution in [3.63, 3.8) is 0 Å². The molecule has 1 fully saturated rings. The molecule has 0 spiro atoms. The van der Waals surface area contributed by atoms with Gasteiger partial charge in [-0.25, -0.2) is 0 Å². The Bertz CT molecular complexity index is 488. The van der Waals surface area contributed by atoms with Gasteiger partial charge < -0.3 is 10.2 Å². The average Bonchev–Trinajstić information content (AvgIpc) is 2.47. The van der Waals surface area contributed by atoms with Crippen LogP contribution in [0.3, 0.4) is 0 Å². The van der Waals surface area contributed by atoms with Crippen molar-refractivity contribution in [2.24, 2.45) is 5.41 Å². The smallest absolute Gasteiger partial charge is 0.253 e. The fourth-order valence-electron chi connectivity index (χ4n) is 2.86. The summed E-state index contributed by atoms with van der Waals surface area (Å²) in [7, 11) is 1.90. The van der Waals surface area contributed by atoms with Gasteiger partial charge >= 0.3 is 0 Å². The molecule has 0 saturated carbocycles. The molecule has 1 aromatic carbocycles. The van der Waals surface area contributed by atoms with Crippen molar-refractivity contribution in [3.05, 3.63) is 29.3 Å². The third-order valence-corrected chi connectivity index (χ3v) is 4.85. The second kappa shape index (κ2) is 5.86. The van der Waals surface area contributed by atoms with Gasteiger partial charge in [0.05, 0.1) is 0 Å². The molecule has 0 radical (unpaired) electrons. The number of piperidine rings is 1. The van der Waals surface area contributed by atoms with E-state index >= 15 is 0 Å². The summed E-state index contributed by atoms with van der Waals surface area (Å²) >= 11 is 0. The molecule has 1 saturated heterocycles. The molecule has 1 aromatic rings. The molecule has 0 unspecified atom stereocenters. The first-order valence-electron chi connectivity index (χ1n) is 7.57. The lowest BCUT2D eigenvalue weighted by atomic mass is 9.78. The van der Waals surface area contributed by atoms with E-state index in [2.05, 4.69) is 19.2 Å². The molecule has 0 bridgehead atoms. The summed E-state index contributed by atoms with van der Waals surface area (Å²) in [5.74, 6) is 0.175. The third kappa shape index (κ3) is 2.97. The van der Waals surface area contributed by atoms with Gasteiger partial charge in [0.2, 0.25) is 0 Å². The minimum Gasteiger partial charge on any atom is -0.388 e. The maximum atomic E-state index is 12.6. The van der Waals surface area contributed by atoms with Gasteiger partial charge in [-0.1, -0.05) is 20.3 Å². The Hall–Kier alpha value is -1.51. The topological polar surface area (TPSA) is 32.3 Å². The highest BCUT2D eigenvalue weighted by molar-refractivity contribution is 5.95. The zero-order chi connectivity index (χ0) is 14.8. The summed E-state index contributed by atoms with van der Waals surface area (Å²) < 4.78 is 0. The van der Waals surface area contributed by atoms with Crippen molar-refractivity contribution in [3.8, 4) is 0 Å². The largest absolute Gasteiger partial charge is 0.388 e. The van der Waals surface area contributed by atoms with Crippen molar-refractivity contribution < 1.29 is 4.79 Å². The van der Waals surface area contributed by atoms with Crippen LogP contribution < -0.4 is 5.32 Å². The normalized spacial score (nSPS) is 17.9. The van der Waals surface area contributed by atoms with E-state index < -0.39 is 0 Å². The van der Waals surface area contributed by atoms with Gasteiger partial charge in [0, 0.05) is 31.4 Å². The Morgan fingerprint density at radius 2 is 2.00 bits per heavy atom. The predicted molar refractivity (Wildman–Crippen MR) is 84.3 cm³/mol. The van der Waals surface area contributed by atoms with Gasteiger partial charge in [-0.15, -0.1) is 0 Å². The Labute approximate surface area is 122 Å². The molecule has 0 atom stereocenters. The van der Waals surface area contributed by atoms with Gasteiger partial charge in [-0.05, 0) is 48.9 Å². The van der Waals surface area contributed by atoms with Gasteiger partial charge in [-0.2, -0.15) is 0 Å². The summed E-state index contributed by atoms with van der Waals surface area (Å²) in [4.78, 5) is 14.6. The second-order valence-corrected chi connectivity index (χ2v) is 6.24. The monoisotopic (exact) mass is 274 g/mol. The Kier molecular flexibility index (Phi) is 4.36. The van der Waals surface area contributed by atoms with Crippen LogP contribution in [0.25, 0.3) is 0 Å². The molecule has 3 heteroatoms. The molecule has 1 aliphatic heterocycles. The summed E-state index contributed by atoms with van der Waals surface area (Å²) in [6.45, 7) is 8.39. The summed E-state index contributed by atoms with van der Waals surface area (Å²) in [5.41, 5.74) is 3.43. The third-order valence-electron chi connectivity index (χ3n) is 4.85. The van der Waals surface area contributed by atoms with Crippen LogP contribution in [0.15, 0.2) is 18.2 Å². The van der Waals surface area contributed by atoms with E-state index in [0.29, 0.717) is 5.41 Å². The number of amides is 1. The summed E-state index contributed by atoms with van der Waals surface area (Å²) in [6.07, 6.45) is 3.43. The van der Waals surface area contributed by atoms with Crippen LogP contribution >= 0.6 is 0 Å². The Morgan fingerprint density at radius 3 is 2.50 bits per heavy atom. The molecule has 3 nitrogen and oxygen atoms in total. The molecule has 1 N–H and O–H groups in total. The predicted octanol–water partition coefficient (Wildman–Crippen LogP) is 3.69. The molecule has 110 valence electrons. The van der Waals surface area contributed by atoms with Crippen LogP contribution in [-0.2, 0) is 0 Å². The highest BCUT2D eigenvalue weighted by Gasteiger charge is 2.30. The molecular formula is C17H26N2O. The molecule has 2 rings (SSSR count). The quantitative estimate of drug-likeness (QED) is 0.911. The van der Waals surface area contributed by atoms with E-state index in [0.717, 1.165) is 42.7 Å². The van der Waals surface area contributed by atoms with Crippen LogP contribution in [0.5, 0.6) is 0 Å². The maximum Gasteiger partial charge on any atom is 0.253 e. The summed E-state index contributed by atoms with van der Waals surface area (Å²) in [5, 5.41) is 3.13. The first kappa shape index (κ1) is 14.9. The zero-order valence-electron chi connectivity index (χ0n) is 13.1. The van der Waals surface area contributed by atoms with Crippen molar-refractivity contribution in [1.82, 2.24) is 4.90 Å². The highest BCUT2D eigenvalue weighted by Crippen LogP contribution is 2.34. The minimum absolute atomic E-state index is 0.175. The van der Waals surface area contributed by atoms with E-state index in [1.54, 1.807) is 0 Å². The molecule has 1 aliphatic rings. The number of hydrogen-bond acceptors (Lipinski definition) is 2. The Balaban J connectivity index is 2.07. The van der Waals surface area contributed by atoms with Crippen LogP contribution in [0, 0.1) is 12.3 Å². The van der Waals surface area contributed by atoms with Crippen LogP contribution in [-0.4, -0.2) is 30.9 Å². The zero-order valence-corrected chi connectivity index (χ0v) is 13.1. The van der Waals surface area contributed by atoms with Crippen molar-refractivity contribution in [2.75, 3.05) is 25.5 Å². The number of anilines is 1. The van der Waals surface area contributed by atoms with Crippen LogP contribution in [0.2, 0.25) is 0 Å². The highest BCUT2D eigenvalue weighted by atomic mass is 16.2. The van der Waals surface area contributed by atoms with E-state index in [4.69, 9.17) is 0 Å². The fraction of sp³-hybridized carbons (Fsp3) is 0.588. The molecule has 0 aliphatic carbocycles. The van der Waals surface area contributed by atoms with E-state index in [-0.39, 0.29) is 5.91 Å². The lowest BCUT2D eigenvalue weighted by molar-refractivity contribution is 0.0600. The number of carbonyl (C=O) groups excluding carboxylic acids is 1. The maximum absolute atomic E-state index is 12.6. The molecule has 1 amide bonds. The number of aryl methyl sites for hydroxylation is 1. The molecular weight excluding hydrogens is 248 g/mol. The number of nitrogens with one attached hydrogen (secondary N) is 1. The Morgan fingerprint density at radius 1 is 1.35 bits per heavy atom. The first-order chi connectivity index (χ1) is 9.49. The lowest BCUT2D eigenvalue weighted by Gasteiger charge is -2.39. The number of benzene rings is 1. The number of hydrogen-bond donors (Lipinski definition) is 1. The minimum atomic E-state index is 0.175. The number of nitrogens with zero attached hydrogens (tertiary/aromatic N) is 1. The van der Waals surface area contributed by atoms with Crippen molar-refractivity contribution >= 4 is 11.6 Å². The average molecular weight is 274 g/mol.